The van der Waals surface area contributed by atoms with E-state index >= 15 is 0 Å². The van der Waals surface area contributed by atoms with E-state index in [2.05, 4.69) is 25.9 Å². The van der Waals surface area contributed by atoms with Crippen LogP contribution in [0.5, 0.6) is 0 Å². The summed E-state index contributed by atoms with van der Waals surface area (Å²) in [6.07, 6.45) is 4.22. The SMILES string of the molecule is O=C1NC(=O)C2(CCCCC2NC(=O)c2cnc3ccccc3n2)N1. The first kappa shape index (κ1) is 15.5. The van der Waals surface area contributed by atoms with Crippen molar-refractivity contribution < 1.29 is 14.4 Å². The van der Waals surface area contributed by atoms with E-state index in [1.807, 2.05) is 18.2 Å². The van der Waals surface area contributed by atoms with E-state index in [9.17, 15) is 14.4 Å². The third-order valence-electron chi connectivity index (χ3n) is 4.86. The van der Waals surface area contributed by atoms with Gasteiger partial charge in [0, 0.05) is 0 Å². The number of amides is 4. The van der Waals surface area contributed by atoms with Gasteiger partial charge in [0.2, 0.25) is 0 Å². The molecule has 1 aromatic carbocycles. The summed E-state index contributed by atoms with van der Waals surface area (Å²) in [5.74, 6) is -0.787. The number of nitrogens with one attached hydrogen (secondary N) is 3. The van der Waals surface area contributed by atoms with Crippen LogP contribution in [0.3, 0.4) is 0 Å². The van der Waals surface area contributed by atoms with Gasteiger partial charge in [0.15, 0.2) is 0 Å². The van der Waals surface area contributed by atoms with Gasteiger partial charge < -0.3 is 10.6 Å². The number of benzene rings is 1. The smallest absolute Gasteiger partial charge is 0.322 e. The lowest BCUT2D eigenvalue weighted by molar-refractivity contribution is -0.125. The van der Waals surface area contributed by atoms with Crippen molar-refractivity contribution in [1.29, 1.82) is 0 Å². The Morgan fingerprint density at radius 2 is 2.00 bits per heavy atom. The first-order chi connectivity index (χ1) is 12.1. The van der Waals surface area contributed by atoms with Gasteiger partial charge in [-0.05, 0) is 25.0 Å². The summed E-state index contributed by atoms with van der Waals surface area (Å²) in [4.78, 5) is 45.1. The molecule has 0 bridgehead atoms. The van der Waals surface area contributed by atoms with Crippen molar-refractivity contribution in [3.63, 3.8) is 0 Å². The second-order valence-corrected chi connectivity index (χ2v) is 6.40. The number of hydrogen-bond donors (Lipinski definition) is 3. The van der Waals surface area contributed by atoms with Crippen LogP contribution in [0, 0.1) is 0 Å². The van der Waals surface area contributed by atoms with Crippen LogP contribution in [0.2, 0.25) is 0 Å². The Balaban J connectivity index is 1.59. The van der Waals surface area contributed by atoms with E-state index in [1.54, 1.807) is 6.07 Å². The maximum Gasteiger partial charge on any atom is 0.322 e. The predicted molar refractivity (Wildman–Crippen MR) is 88.7 cm³/mol. The lowest BCUT2D eigenvalue weighted by atomic mass is 9.77. The van der Waals surface area contributed by atoms with Crippen LogP contribution in [0.1, 0.15) is 36.2 Å². The van der Waals surface area contributed by atoms with Gasteiger partial charge in [-0.15, -0.1) is 0 Å². The van der Waals surface area contributed by atoms with Crippen LogP contribution in [0.15, 0.2) is 30.5 Å². The number of rotatable bonds is 2. The molecule has 4 rings (SSSR count). The zero-order chi connectivity index (χ0) is 17.4. The Labute approximate surface area is 143 Å². The molecule has 2 atom stereocenters. The van der Waals surface area contributed by atoms with Gasteiger partial charge in [-0.1, -0.05) is 25.0 Å². The zero-order valence-corrected chi connectivity index (χ0v) is 13.4. The Morgan fingerprint density at radius 1 is 1.20 bits per heavy atom. The van der Waals surface area contributed by atoms with Gasteiger partial charge in [0.25, 0.3) is 11.8 Å². The number of fused-ring (bicyclic) bond motifs is 1. The second-order valence-electron chi connectivity index (χ2n) is 6.40. The fourth-order valence-corrected chi connectivity index (χ4v) is 3.59. The van der Waals surface area contributed by atoms with Gasteiger partial charge in [-0.25, -0.2) is 9.78 Å². The summed E-state index contributed by atoms with van der Waals surface area (Å²) in [6.45, 7) is 0. The molecule has 2 aromatic rings. The molecule has 1 spiro atoms. The molecule has 8 heteroatoms. The molecular weight excluding hydrogens is 322 g/mol. The minimum Gasteiger partial charge on any atom is -0.345 e. The summed E-state index contributed by atoms with van der Waals surface area (Å²) in [5, 5.41) is 7.85. The van der Waals surface area contributed by atoms with Crippen molar-refractivity contribution in [3.05, 3.63) is 36.2 Å². The number of carbonyl (C=O) groups is 3. The summed E-state index contributed by atoms with van der Waals surface area (Å²) >= 11 is 0. The van der Waals surface area contributed by atoms with Gasteiger partial charge in [0.05, 0.1) is 23.3 Å². The number of para-hydroxylation sites is 2. The van der Waals surface area contributed by atoms with Crippen LogP contribution in [0.4, 0.5) is 4.79 Å². The Bertz CT molecular complexity index is 883. The van der Waals surface area contributed by atoms with Crippen LogP contribution >= 0.6 is 0 Å². The maximum absolute atomic E-state index is 12.6. The largest absolute Gasteiger partial charge is 0.345 e. The Morgan fingerprint density at radius 3 is 2.76 bits per heavy atom. The minimum atomic E-state index is -1.07. The van der Waals surface area contributed by atoms with Crippen molar-refractivity contribution in [2.24, 2.45) is 0 Å². The number of nitrogens with zero attached hydrogens (tertiary/aromatic N) is 2. The van der Waals surface area contributed by atoms with E-state index in [1.165, 1.54) is 6.20 Å². The van der Waals surface area contributed by atoms with E-state index in [0.717, 1.165) is 12.8 Å². The molecule has 4 amide bonds. The van der Waals surface area contributed by atoms with Crippen molar-refractivity contribution in [3.8, 4) is 0 Å². The highest BCUT2D eigenvalue weighted by Crippen LogP contribution is 2.31. The first-order valence-electron chi connectivity index (χ1n) is 8.25. The molecule has 2 unspecified atom stereocenters. The van der Waals surface area contributed by atoms with Gasteiger partial charge in [-0.2, -0.15) is 0 Å². The molecule has 1 saturated heterocycles. The second kappa shape index (κ2) is 5.80. The Hall–Kier alpha value is -3.03. The molecule has 2 heterocycles. The molecule has 8 nitrogen and oxygen atoms in total. The molecule has 2 aliphatic rings. The highest BCUT2D eigenvalue weighted by Gasteiger charge is 2.53. The summed E-state index contributed by atoms with van der Waals surface area (Å²) in [7, 11) is 0. The molecule has 25 heavy (non-hydrogen) atoms. The monoisotopic (exact) mass is 339 g/mol. The molecule has 128 valence electrons. The van der Waals surface area contributed by atoms with Gasteiger partial charge >= 0.3 is 6.03 Å². The number of aromatic nitrogens is 2. The predicted octanol–water partition coefficient (Wildman–Crippen LogP) is 0.880. The standard InChI is InChI=1S/C17H17N5O3/c23-14(12-9-18-10-5-1-2-6-11(10)19-12)20-13-7-3-4-8-17(13)15(24)21-16(25)22-17/h1-2,5-6,9,13H,3-4,7-8H2,(H,20,23)(H2,21,22,24,25). The van der Waals surface area contributed by atoms with Crippen molar-refractivity contribution in [2.45, 2.75) is 37.3 Å². The fourth-order valence-electron chi connectivity index (χ4n) is 3.59. The molecule has 1 aliphatic carbocycles. The number of urea groups is 1. The molecular formula is C17H17N5O3. The normalized spacial score (nSPS) is 25.7. The fraction of sp³-hybridized carbons (Fsp3) is 0.353. The number of carbonyl (C=O) groups excluding carboxylic acids is 3. The van der Waals surface area contributed by atoms with E-state index in [4.69, 9.17) is 0 Å². The summed E-state index contributed by atoms with van der Waals surface area (Å²) in [5.41, 5.74) is 0.440. The first-order valence-corrected chi connectivity index (χ1v) is 8.25. The van der Waals surface area contributed by atoms with Crippen molar-refractivity contribution >= 4 is 28.9 Å². The molecule has 2 fully saturated rings. The maximum atomic E-state index is 12.6. The average Bonchev–Trinajstić information content (AvgIpc) is 2.90. The molecule has 3 N–H and O–H groups in total. The van der Waals surface area contributed by atoms with Crippen LogP contribution in [-0.4, -0.2) is 39.4 Å². The van der Waals surface area contributed by atoms with E-state index in [-0.39, 0.29) is 11.6 Å². The van der Waals surface area contributed by atoms with Gasteiger partial charge in [-0.3, -0.25) is 19.9 Å². The highest BCUT2D eigenvalue weighted by atomic mass is 16.2. The topological polar surface area (TPSA) is 113 Å². The van der Waals surface area contributed by atoms with Crippen molar-refractivity contribution in [2.75, 3.05) is 0 Å². The van der Waals surface area contributed by atoms with E-state index in [0.29, 0.717) is 23.9 Å². The van der Waals surface area contributed by atoms with Crippen molar-refractivity contribution in [1.82, 2.24) is 25.9 Å². The molecule has 0 radical (unpaired) electrons. The molecule has 1 aromatic heterocycles. The average molecular weight is 339 g/mol. The molecule has 1 aliphatic heterocycles. The summed E-state index contributed by atoms with van der Waals surface area (Å²) < 4.78 is 0. The summed E-state index contributed by atoms with van der Waals surface area (Å²) in [6, 6.07) is 6.28. The third kappa shape index (κ3) is 2.59. The quantitative estimate of drug-likeness (QED) is 0.703. The van der Waals surface area contributed by atoms with E-state index < -0.39 is 23.5 Å². The van der Waals surface area contributed by atoms with Crippen LogP contribution in [0.25, 0.3) is 11.0 Å². The van der Waals surface area contributed by atoms with Gasteiger partial charge in [0.1, 0.15) is 11.2 Å². The lowest BCUT2D eigenvalue weighted by Crippen LogP contribution is -2.63. The third-order valence-corrected chi connectivity index (χ3v) is 4.86. The Kier molecular flexibility index (Phi) is 3.60. The molecule has 1 saturated carbocycles. The number of imide groups is 1. The van der Waals surface area contributed by atoms with Crippen LogP contribution < -0.4 is 16.0 Å². The van der Waals surface area contributed by atoms with Crippen LogP contribution in [-0.2, 0) is 4.79 Å². The number of hydrogen-bond acceptors (Lipinski definition) is 5. The minimum absolute atomic E-state index is 0.184. The highest BCUT2D eigenvalue weighted by molar-refractivity contribution is 6.08. The zero-order valence-electron chi connectivity index (χ0n) is 13.4. The lowest BCUT2D eigenvalue weighted by Gasteiger charge is -2.38.